The fraction of sp³-hybridized carbons (Fsp3) is 0.533. The molecule has 4 heteroatoms. The molecule has 1 aromatic carbocycles. The van der Waals surface area contributed by atoms with Crippen molar-refractivity contribution in [3.05, 3.63) is 28.2 Å². The molecule has 0 amide bonds. The van der Waals surface area contributed by atoms with E-state index >= 15 is 0 Å². The van der Waals surface area contributed by atoms with Crippen molar-refractivity contribution in [2.45, 2.75) is 52.1 Å². The maximum atomic E-state index is 5.95. The van der Waals surface area contributed by atoms with Crippen molar-refractivity contribution in [1.82, 2.24) is 0 Å². The summed E-state index contributed by atoms with van der Waals surface area (Å²) in [5.74, 6) is 0.777. The molecule has 0 aliphatic heterocycles. The lowest BCUT2D eigenvalue weighted by Crippen LogP contribution is -2.16. The SMILES string of the molecule is CCCCCCC(C)Oc1ccc(Br)cc1C(N)=S. The van der Waals surface area contributed by atoms with Crippen molar-refractivity contribution in [3.63, 3.8) is 0 Å². The van der Waals surface area contributed by atoms with Crippen molar-refractivity contribution in [2.24, 2.45) is 5.73 Å². The van der Waals surface area contributed by atoms with Crippen molar-refractivity contribution in [2.75, 3.05) is 0 Å². The Labute approximate surface area is 129 Å². The third kappa shape index (κ3) is 5.91. The Hall–Kier alpha value is -0.610. The molecule has 0 bridgehead atoms. The number of benzene rings is 1. The standard InChI is InChI=1S/C15H22BrNOS/c1-3-4-5-6-7-11(2)18-14-9-8-12(16)10-13(14)15(17)19/h8-11H,3-7H2,1-2H3,(H2,17,19). The number of nitrogens with two attached hydrogens (primary N) is 1. The van der Waals surface area contributed by atoms with Gasteiger partial charge in [0.2, 0.25) is 0 Å². The van der Waals surface area contributed by atoms with Gasteiger partial charge in [0.05, 0.1) is 11.7 Å². The van der Waals surface area contributed by atoms with Crippen LogP contribution in [0.15, 0.2) is 22.7 Å². The molecule has 1 rings (SSSR count). The van der Waals surface area contributed by atoms with Crippen LogP contribution in [0.25, 0.3) is 0 Å². The summed E-state index contributed by atoms with van der Waals surface area (Å²) in [5, 5.41) is 0. The predicted molar refractivity (Wildman–Crippen MR) is 88.9 cm³/mol. The van der Waals surface area contributed by atoms with Gasteiger partial charge in [-0.3, -0.25) is 0 Å². The van der Waals surface area contributed by atoms with Gasteiger partial charge < -0.3 is 10.5 Å². The molecule has 0 fully saturated rings. The Balaban J connectivity index is 2.58. The van der Waals surface area contributed by atoms with Gasteiger partial charge in [-0.25, -0.2) is 0 Å². The molecule has 1 aromatic rings. The Morgan fingerprint density at radius 3 is 2.74 bits per heavy atom. The first-order chi connectivity index (χ1) is 9.04. The summed E-state index contributed by atoms with van der Waals surface area (Å²) in [4.78, 5) is 0.370. The Bertz CT molecular complexity index is 423. The average molecular weight is 344 g/mol. The minimum atomic E-state index is 0.186. The van der Waals surface area contributed by atoms with Gasteiger partial charge in [0.1, 0.15) is 10.7 Å². The van der Waals surface area contributed by atoms with Crippen molar-refractivity contribution >= 4 is 33.1 Å². The number of hydrogen-bond acceptors (Lipinski definition) is 2. The second-order valence-electron chi connectivity index (χ2n) is 4.78. The third-order valence-electron chi connectivity index (χ3n) is 3.00. The van der Waals surface area contributed by atoms with Crippen LogP contribution in [0.5, 0.6) is 5.75 Å². The molecule has 1 unspecified atom stereocenters. The number of ether oxygens (including phenoxy) is 1. The van der Waals surface area contributed by atoms with Crippen LogP contribution in [0.1, 0.15) is 51.5 Å². The first kappa shape index (κ1) is 16.4. The molecule has 0 aliphatic carbocycles. The van der Waals surface area contributed by atoms with E-state index in [9.17, 15) is 0 Å². The van der Waals surface area contributed by atoms with Crippen molar-refractivity contribution in [3.8, 4) is 5.75 Å². The highest BCUT2D eigenvalue weighted by molar-refractivity contribution is 9.10. The van der Waals surface area contributed by atoms with Gasteiger partial charge in [0.15, 0.2) is 0 Å². The maximum Gasteiger partial charge on any atom is 0.129 e. The summed E-state index contributed by atoms with van der Waals surface area (Å²) >= 11 is 8.48. The Morgan fingerprint density at radius 2 is 2.11 bits per heavy atom. The van der Waals surface area contributed by atoms with Gasteiger partial charge in [-0.05, 0) is 38.0 Å². The number of hydrogen-bond donors (Lipinski definition) is 1. The predicted octanol–water partition coefficient (Wildman–Crippen LogP) is 4.82. The monoisotopic (exact) mass is 343 g/mol. The molecule has 0 aromatic heterocycles. The summed E-state index contributed by atoms with van der Waals surface area (Å²) in [6.07, 6.45) is 6.27. The van der Waals surface area contributed by atoms with Crippen LogP contribution in [0.2, 0.25) is 0 Å². The zero-order valence-corrected chi connectivity index (χ0v) is 14.0. The van der Waals surface area contributed by atoms with E-state index in [0.717, 1.165) is 22.2 Å². The summed E-state index contributed by atoms with van der Waals surface area (Å²) in [7, 11) is 0. The molecule has 0 radical (unpaired) electrons. The van der Waals surface area contributed by atoms with E-state index in [1.807, 2.05) is 18.2 Å². The smallest absolute Gasteiger partial charge is 0.129 e. The van der Waals surface area contributed by atoms with E-state index < -0.39 is 0 Å². The lowest BCUT2D eigenvalue weighted by molar-refractivity contribution is 0.206. The molecule has 0 aliphatic rings. The van der Waals surface area contributed by atoms with E-state index in [-0.39, 0.29) is 6.10 Å². The van der Waals surface area contributed by atoms with E-state index in [0.29, 0.717) is 4.99 Å². The number of halogens is 1. The lowest BCUT2D eigenvalue weighted by Gasteiger charge is -2.17. The Morgan fingerprint density at radius 1 is 1.37 bits per heavy atom. The average Bonchev–Trinajstić information content (AvgIpc) is 2.36. The van der Waals surface area contributed by atoms with Crippen molar-refractivity contribution in [1.29, 1.82) is 0 Å². The third-order valence-corrected chi connectivity index (χ3v) is 3.71. The van der Waals surface area contributed by atoms with Crippen LogP contribution in [-0.4, -0.2) is 11.1 Å². The van der Waals surface area contributed by atoms with Crippen LogP contribution in [0, 0.1) is 0 Å². The van der Waals surface area contributed by atoms with Crippen LogP contribution in [0.4, 0.5) is 0 Å². The second kappa shape index (κ2) is 8.54. The normalized spacial score (nSPS) is 12.2. The molecule has 0 saturated heterocycles. The largest absolute Gasteiger partial charge is 0.490 e. The number of rotatable bonds is 8. The second-order valence-corrected chi connectivity index (χ2v) is 6.14. The highest BCUT2D eigenvalue weighted by Crippen LogP contribution is 2.25. The first-order valence-electron chi connectivity index (χ1n) is 6.80. The molecule has 19 heavy (non-hydrogen) atoms. The molecular formula is C15H22BrNOS. The number of unbranched alkanes of at least 4 members (excludes halogenated alkanes) is 3. The molecule has 2 N–H and O–H groups in total. The van der Waals surface area contributed by atoms with Crippen LogP contribution < -0.4 is 10.5 Å². The van der Waals surface area contributed by atoms with Gasteiger partial charge in [-0.1, -0.05) is 54.3 Å². The summed E-state index contributed by atoms with van der Waals surface area (Å²) < 4.78 is 6.91. The highest BCUT2D eigenvalue weighted by Gasteiger charge is 2.10. The van der Waals surface area contributed by atoms with E-state index in [4.69, 9.17) is 22.7 Å². The van der Waals surface area contributed by atoms with Gasteiger partial charge in [-0.15, -0.1) is 0 Å². The molecule has 0 heterocycles. The van der Waals surface area contributed by atoms with Crippen LogP contribution >= 0.6 is 28.1 Å². The first-order valence-corrected chi connectivity index (χ1v) is 8.00. The van der Waals surface area contributed by atoms with Gasteiger partial charge >= 0.3 is 0 Å². The van der Waals surface area contributed by atoms with Gasteiger partial charge in [-0.2, -0.15) is 0 Å². The fourth-order valence-electron chi connectivity index (χ4n) is 1.93. The molecule has 106 valence electrons. The quantitative estimate of drug-likeness (QED) is 0.542. The molecule has 2 nitrogen and oxygen atoms in total. The minimum absolute atomic E-state index is 0.186. The number of thiocarbonyl (C=S) groups is 1. The van der Waals surface area contributed by atoms with E-state index in [1.165, 1.54) is 25.7 Å². The molecule has 1 atom stereocenters. The van der Waals surface area contributed by atoms with Crippen LogP contribution in [0.3, 0.4) is 0 Å². The Kier molecular flexibility index (Phi) is 7.39. The summed E-state index contributed by atoms with van der Waals surface area (Å²) in [6.45, 7) is 4.31. The van der Waals surface area contributed by atoms with Gasteiger partial charge in [0.25, 0.3) is 0 Å². The lowest BCUT2D eigenvalue weighted by atomic mass is 10.1. The van der Waals surface area contributed by atoms with E-state index in [2.05, 4.69) is 29.8 Å². The molecular weight excluding hydrogens is 322 g/mol. The van der Waals surface area contributed by atoms with Crippen molar-refractivity contribution < 1.29 is 4.74 Å². The summed E-state index contributed by atoms with van der Waals surface area (Å²) in [6, 6.07) is 5.77. The zero-order valence-electron chi connectivity index (χ0n) is 11.6. The summed E-state index contributed by atoms with van der Waals surface area (Å²) in [5.41, 5.74) is 6.53. The topological polar surface area (TPSA) is 35.2 Å². The zero-order chi connectivity index (χ0) is 14.3. The highest BCUT2D eigenvalue weighted by atomic mass is 79.9. The van der Waals surface area contributed by atoms with Crippen LogP contribution in [-0.2, 0) is 0 Å². The molecule has 0 spiro atoms. The maximum absolute atomic E-state index is 5.95. The molecule has 0 saturated carbocycles. The fourth-order valence-corrected chi connectivity index (χ4v) is 2.45. The van der Waals surface area contributed by atoms with Gasteiger partial charge in [0, 0.05) is 4.47 Å². The van der Waals surface area contributed by atoms with E-state index in [1.54, 1.807) is 0 Å². The minimum Gasteiger partial charge on any atom is -0.490 e.